The number of nitrogens with zero attached hydrogens (tertiary/aromatic N) is 2. The molecule has 1 heterocycles. The van der Waals surface area contributed by atoms with Crippen molar-refractivity contribution in [3.05, 3.63) is 41.5 Å². The van der Waals surface area contributed by atoms with Crippen molar-refractivity contribution in [2.24, 2.45) is 0 Å². The molecule has 2 rings (SSSR count). The van der Waals surface area contributed by atoms with Gasteiger partial charge in [0.2, 0.25) is 0 Å². The number of aromatic nitrogens is 3. The summed E-state index contributed by atoms with van der Waals surface area (Å²) in [4.78, 5) is 16.1. The number of carbonyl (C=O) groups excluding carboxylic acids is 1. The molecule has 0 bridgehead atoms. The molecule has 1 unspecified atom stereocenters. The maximum absolute atomic E-state index is 12.1. The number of aryl methyl sites for hydroxylation is 1. The van der Waals surface area contributed by atoms with Crippen LogP contribution in [0.15, 0.2) is 24.5 Å². The first-order valence-corrected chi connectivity index (χ1v) is 5.61. The molecule has 0 aliphatic heterocycles. The highest BCUT2D eigenvalue weighted by Gasteiger charge is 2.15. The van der Waals surface area contributed by atoms with Crippen LogP contribution in [0.1, 0.15) is 34.7 Å². The SMILES string of the molecule is Cc1cccc(C(=O)NC(C)c2ncn[nH]2)c1N. The summed E-state index contributed by atoms with van der Waals surface area (Å²) < 4.78 is 0. The monoisotopic (exact) mass is 245 g/mol. The number of benzene rings is 1. The van der Waals surface area contributed by atoms with Gasteiger partial charge in [0.15, 0.2) is 0 Å². The summed E-state index contributed by atoms with van der Waals surface area (Å²) in [6.45, 7) is 3.69. The number of nitrogens with two attached hydrogens (primary N) is 1. The highest BCUT2D eigenvalue weighted by molar-refractivity contribution is 5.99. The minimum atomic E-state index is -0.250. The Morgan fingerprint density at radius 1 is 1.50 bits per heavy atom. The Morgan fingerprint density at radius 2 is 2.28 bits per heavy atom. The molecule has 18 heavy (non-hydrogen) atoms. The fourth-order valence-corrected chi connectivity index (χ4v) is 1.64. The van der Waals surface area contributed by atoms with Gasteiger partial charge in [-0.1, -0.05) is 12.1 Å². The fraction of sp³-hybridized carbons (Fsp3) is 0.250. The van der Waals surface area contributed by atoms with Gasteiger partial charge in [0.05, 0.1) is 11.6 Å². The Bertz CT molecular complexity index is 550. The zero-order chi connectivity index (χ0) is 13.1. The first-order chi connectivity index (χ1) is 8.59. The molecule has 0 saturated heterocycles. The van der Waals surface area contributed by atoms with E-state index in [-0.39, 0.29) is 11.9 Å². The van der Waals surface area contributed by atoms with Gasteiger partial charge >= 0.3 is 0 Å². The molecule has 94 valence electrons. The van der Waals surface area contributed by atoms with E-state index in [2.05, 4.69) is 20.5 Å². The summed E-state index contributed by atoms with van der Waals surface area (Å²) in [7, 11) is 0. The van der Waals surface area contributed by atoms with Crippen LogP contribution >= 0.6 is 0 Å². The lowest BCUT2D eigenvalue weighted by Crippen LogP contribution is -2.28. The van der Waals surface area contributed by atoms with Gasteiger partial charge < -0.3 is 11.1 Å². The zero-order valence-corrected chi connectivity index (χ0v) is 10.3. The topological polar surface area (TPSA) is 96.7 Å². The molecular formula is C12H15N5O. The predicted octanol–water partition coefficient (Wildman–Crippen LogP) is 1.19. The van der Waals surface area contributed by atoms with Gasteiger partial charge in [0.25, 0.3) is 5.91 Å². The largest absolute Gasteiger partial charge is 0.398 e. The summed E-state index contributed by atoms with van der Waals surface area (Å²) in [6, 6.07) is 5.12. The summed E-state index contributed by atoms with van der Waals surface area (Å²) in [5.74, 6) is 0.384. The van der Waals surface area contributed by atoms with Crippen LogP contribution in [0.2, 0.25) is 0 Å². The van der Waals surface area contributed by atoms with Crippen molar-refractivity contribution in [2.45, 2.75) is 19.9 Å². The number of anilines is 1. The lowest BCUT2D eigenvalue weighted by Gasteiger charge is -2.13. The van der Waals surface area contributed by atoms with Crippen LogP contribution in [-0.2, 0) is 0 Å². The van der Waals surface area contributed by atoms with Crippen LogP contribution < -0.4 is 11.1 Å². The van der Waals surface area contributed by atoms with Crippen LogP contribution in [0.5, 0.6) is 0 Å². The lowest BCUT2D eigenvalue weighted by atomic mass is 10.1. The second kappa shape index (κ2) is 4.87. The van der Waals surface area contributed by atoms with Crippen molar-refractivity contribution in [2.75, 3.05) is 5.73 Å². The number of H-pyrrole nitrogens is 1. The van der Waals surface area contributed by atoms with Gasteiger partial charge in [-0.15, -0.1) is 0 Å². The number of nitrogens with one attached hydrogen (secondary N) is 2. The summed E-state index contributed by atoms with van der Waals surface area (Å²) in [5, 5.41) is 9.27. The molecule has 1 aromatic carbocycles. The highest BCUT2D eigenvalue weighted by Crippen LogP contribution is 2.17. The van der Waals surface area contributed by atoms with Crippen LogP contribution in [0.3, 0.4) is 0 Å². The first kappa shape index (κ1) is 12.1. The van der Waals surface area contributed by atoms with Crippen molar-refractivity contribution in [1.82, 2.24) is 20.5 Å². The minimum absolute atomic E-state index is 0.222. The third-order valence-electron chi connectivity index (χ3n) is 2.76. The van der Waals surface area contributed by atoms with E-state index in [4.69, 9.17) is 5.73 Å². The molecule has 0 saturated carbocycles. The third kappa shape index (κ3) is 2.32. The molecule has 2 aromatic rings. The molecule has 4 N–H and O–H groups in total. The van der Waals surface area contributed by atoms with Gasteiger partial charge in [-0.2, -0.15) is 5.10 Å². The number of amides is 1. The van der Waals surface area contributed by atoms with Crippen LogP contribution in [0.25, 0.3) is 0 Å². The molecule has 0 fully saturated rings. The number of carbonyl (C=O) groups is 1. The third-order valence-corrected chi connectivity index (χ3v) is 2.76. The molecular weight excluding hydrogens is 230 g/mol. The van der Waals surface area contributed by atoms with Gasteiger partial charge in [0, 0.05) is 5.69 Å². The Labute approximate surface area is 105 Å². The normalized spacial score (nSPS) is 12.1. The Hall–Kier alpha value is -2.37. The standard InChI is InChI=1S/C12H15N5O/c1-7-4-3-5-9(10(7)13)12(18)16-8(2)11-14-6-15-17-11/h3-6,8H,13H2,1-2H3,(H,16,18)(H,14,15,17). The molecule has 0 radical (unpaired) electrons. The van der Waals surface area contributed by atoms with E-state index in [0.29, 0.717) is 17.1 Å². The van der Waals surface area contributed by atoms with E-state index in [9.17, 15) is 4.79 Å². The quantitative estimate of drug-likeness (QED) is 0.707. The minimum Gasteiger partial charge on any atom is -0.398 e. The molecule has 6 nitrogen and oxygen atoms in total. The molecule has 1 aromatic heterocycles. The average molecular weight is 245 g/mol. The highest BCUT2D eigenvalue weighted by atomic mass is 16.1. The smallest absolute Gasteiger partial charge is 0.253 e. The number of aromatic amines is 1. The summed E-state index contributed by atoms with van der Waals surface area (Å²) in [6.07, 6.45) is 1.40. The van der Waals surface area contributed by atoms with Crippen molar-refractivity contribution in [3.63, 3.8) is 0 Å². The zero-order valence-electron chi connectivity index (χ0n) is 10.3. The molecule has 0 spiro atoms. The lowest BCUT2D eigenvalue weighted by molar-refractivity contribution is 0.0939. The molecule has 0 aliphatic carbocycles. The number of para-hydroxylation sites is 1. The number of hydrogen-bond donors (Lipinski definition) is 3. The average Bonchev–Trinajstić information content (AvgIpc) is 2.86. The second-order valence-corrected chi connectivity index (χ2v) is 4.10. The van der Waals surface area contributed by atoms with Gasteiger partial charge in [-0.3, -0.25) is 9.89 Å². The second-order valence-electron chi connectivity index (χ2n) is 4.10. The van der Waals surface area contributed by atoms with Gasteiger partial charge in [0.1, 0.15) is 12.2 Å². The van der Waals surface area contributed by atoms with E-state index in [1.165, 1.54) is 6.33 Å². The molecule has 1 amide bonds. The maximum Gasteiger partial charge on any atom is 0.253 e. The fourth-order valence-electron chi connectivity index (χ4n) is 1.64. The van der Waals surface area contributed by atoms with Crippen molar-refractivity contribution in [3.8, 4) is 0 Å². The predicted molar refractivity (Wildman–Crippen MR) is 67.9 cm³/mol. The van der Waals surface area contributed by atoms with Gasteiger partial charge in [-0.25, -0.2) is 4.98 Å². The van der Waals surface area contributed by atoms with Crippen molar-refractivity contribution < 1.29 is 4.79 Å². The van der Waals surface area contributed by atoms with E-state index >= 15 is 0 Å². The van der Waals surface area contributed by atoms with Crippen LogP contribution in [0.4, 0.5) is 5.69 Å². The Kier molecular flexibility index (Phi) is 3.27. The molecule has 6 heteroatoms. The van der Waals surface area contributed by atoms with Gasteiger partial charge in [-0.05, 0) is 25.5 Å². The van der Waals surface area contributed by atoms with Crippen LogP contribution in [-0.4, -0.2) is 21.1 Å². The van der Waals surface area contributed by atoms with Crippen molar-refractivity contribution >= 4 is 11.6 Å². The van der Waals surface area contributed by atoms with E-state index in [1.807, 2.05) is 19.9 Å². The number of nitrogen functional groups attached to an aromatic ring is 1. The maximum atomic E-state index is 12.1. The van der Waals surface area contributed by atoms with E-state index in [0.717, 1.165) is 5.56 Å². The Morgan fingerprint density at radius 3 is 2.94 bits per heavy atom. The molecule has 1 atom stereocenters. The van der Waals surface area contributed by atoms with E-state index in [1.54, 1.807) is 12.1 Å². The summed E-state index contributed by atoms with van der Waals surface area (Å²) in [5.41, 5.74) is 7.74. The van der Waals surface area contributed by atoms with Crippen LogP contribution in [0, 0.1) is 6.92 Å². The summed E-state index contributed by atoms with van der Waals surface area (Å²) >= 11 is 0. The number of rotatable bonds is 3. The van der Waals surface area contributed by atoms with E-state index < -0.39 is 0 Å². The molecule has 0 aliphatic rings. The number of hydrogen-bond acceptors (Lipinski definition) is 4. The van der Waals surface area contributed by atoms with Crippen molar-refractivity contribution in [1.29, 1.82) is 0 Å². The first-order valence-electron chi connectivity index (χ1n) is 5.61. The Balaban J connectivity index is 2.15.